The standard InChI is InChI=1S/C16H12BrNO2/c1-20-14-8-3-2-5-11(14)15-12(9-19)10-6-4-7-13(17)16(10)18-15/h2-9,18H,1H3. The largest absolute Gasteiger partial charge is 0.496 e. The Morgan fingerprint density at radius 3 is 2.70 bits per heavy atom. The van der Waals surface area contributed by atoms with Gasteiger partial charge in [-0.2, -0.15) is 0 Å². The fraction of sp³-hybridized carbons (Fsp3) is 0.0625. The molecule has 0 aliphatic carbocycles. The van der Waals surface area contributed by atoms with Crippen molar-refractivity contribution in [2.45, 2.75) is 0 Å². The first-order valence-corrected chi connectivity index (χ1v) is 6.94. The van der Waals surface area contributed by atoms with Crippen LogP contribution in [0.2, 0.25) is 0 Å². The van der Waals surface area contributed by atoms with Gasteiger partial charge in [0.15, 0.2) is 6.29 Å². The SMILES string of the molecule is COc1ccccc1-c1[nH]c2c(Br)cccc2c1C=O. The van der Waals surface area contributed by atoms with E-state index in [1.165, 1.54) is 0 Å². The van der Waals surface area contributed by atoms with Gasteiger partial charge in [-0.3, -0.25) is 4.79 Å². The Morgan fingerprint density at radius 1 is 1.15 bits per heavy atom. The number of H-pyrrole nitrogens is 1. The molecule has 4 heteroatoms. The van der Waals surface area contributed by atoms with E-state index in [1.54, 1.807) is 7.11 Å². The summed E-state index contributed by atoms with van der Waals surface area (Å²) in [6, 6.07) is 13.4. The number of hydrogen-bond acceptors (Lipinski definition) is 2. The minimum absolute atomic E-state index is 0.644. The van der Waals surface area contributed by atoms with Crippen LogP contribution in [0, 0.1) is 0 Å². The normalized spacial score (nSPS) is 10.7. The molecule has 3 nitrogen and oxygen atoms in total. The summed E-state index contributed by atoms with van der Waals surface area (Å²) in [7, 11) is 1.62. The molecule has 0 atom stereocenters. The van der Waals surface area contributed by atoms with Gasteiger partial charge in [-0.15, -0.1) is 0 Å². The van der Waals surface area contributed by atoms with Crippen LogP contribution in [0.15, 0.2) is 46.9 Å². The molecule has 0 saturated heterocycles. The first kappa shape index (κ1) is 12.9. The van der Waals surface area contributed by atoms with Gasteiger partial charge < -0.3 is 9.72 Å². The Kier molecular flexibility index (Phi) is 3.32. The first-order valence-electron chi connectivity index (χ1n) is 6.15. The van der Waals surface area contributed by atoms with E-state index in [9.17, 15) is 4.79 Å². The Morgan fingerprint density at radius 2 is 1.95 bits per heavy atom. The van der Waals surface area contributed by atoms with Crippen molar-refractivity contribution in [3.63, 3.8) is 0 Å². The number of benzene rings is 2. The molecule has 20 heavy (non-hydrogen) atoms. The van der Waals surface area contributed by atoms with Crippen LogP contribution >= 0.6 is 15.9 Å². The zero-order chi connectivity index (χ0) is 14.1. The molecule has 100 valence electrons. The third-order valence-corrected chi connectivity index (χ3v) is 3.98. The lowest BCUT2D eigenvalue weighted by Gasteiger charge is -2.07. The Balaban J connectivity index is 2.36. The second-order valence-electron chi connectivity index (χ2n) is 4.39. The van der Waals surface area contributed by atoms with Crippen molar-refractivity contribution in [3.05, 3.63) is 52.5 Å². The number of methoxy groups -OCH3 is 1. The van der Waals surface area contributed by atoms with E-state index in [4.69, 9.17) is 4.74 Å². The average Bonchev–Trinajstić information content (AvgIpc) is 2.87. The highest BCUT2D eigenvalue weighted by Crippen LogP contribution is 2.36. The Bertz CT molecular complexity index is 792. The summed E-state index contributed by atoms with van der Waals surface area (Å²) in [6.45, 7) is 0. The van der Waals surface area contributed by atoms with Gasteiger partial charge in [-0.05, 0) is 34.1 Å². The lowest BCUT2D eigenvalue weighted by Crippen LogP contribution is -1.90. The molecular formula is C16H12BrNO2. The molecule has 0 aliphatic heterocycles. The fourth-order valence-electron chi connectivity index (χ4n) is 2.39. The minimum atomic E-state index is 0.644. The summed E-state index contributed by atoms with van der Waals surface area (Å²) in [5.74, 6) is 0.735. The van der Waals surface area contributed by atoms with Crippen LogP contribution in [-0.4, -0.2) is 18.4 Å². The molecule has 1 N–H and O–H groups in total. The monoisotopic (exact) mass is 329 g/mol. The van der Waals surface area contributed by atoms with Crippen LogP contribution in [-0.2, 0) is 0 Å². The van der Waals surface area contributed by atoms with Crippen molar-refractivity contribution in [2.24, 2.45) is 0 Å². The van der Waals surface area contributed by atoms with Crippen LogP contribution < -0.4 is 4.74 Å². The van der Waals surface area contributed by atoms with E-state index in [0.717, 1.165) is 38.7 Å². The van der Waals surface area contributed by atoms with Crippen LogP contribution in [0.25, 0.3) is 22.2 Å². The highest BCUT2D eigenvalue weighted by molar-refractivity contribution is 9.10. The third kappa shape index (κ3) is 1.93. The molecule has 0 aliphatic rings. The summed E-state index contributed by atoms with van der Waals surface area (Å²) < 4.78 is 6.31. The van der Waals surface area contributed by atoms with E-state index < -0.39 is 0 Å². The Labute approximate surface area is 124 Å². The molecule has 1 aromatic heterocycles. The second kappa shape index (κ2) is 5.13. The smallest absolute Gasteiger partial charge is 0.152 e. The average molecular weight is 330 g/mol. The van der Waals surface area contributed by atoms with E-state index in [0.29, 0.717) is 5.56 Å². The maximum Gasteiger partial charge on any atom is 0.152 e. The third-order valence-electron chi connectivity index (χ3n) is 3.32. The second-order valence-corrected chi connectivity index (χ2v) is 5.25. The summed E-state index contributed by atoms with van der Waals surface area (Å²) in [5.41, 5.74) is 3.21. The number of aromatic amines is 1. The van der Waals surface area contributed by atoms with Gasteiger partial charge in [0.1, 0.15) is 5.75 Å². The topological polar surface area (TPSA) is 42.1 Å². The van der Waals surface area contributed by atoms with Gasteiger partial charge in [0.2, 0.25) is 0 Å². The van der Waals surface area contributed by atoms with Crippen LogP contribution in [0.5, 0.6) is 5.75 Å². The molecule has 0 fully saturated rings. The summed E-state index contributed by atoms with van der Waals surface area (Å²) in [4.78, 5) is 14.8. The zero-order valence-corrected chi connectivity index (χ0v) is 12.4. The molecular weight excluding hydrogens is 318 g/mol. The Hall–Kier alpha value is -2.07. The lowest BCUT2D eigenvalue weighted by molar-refractivity contribution is 0.112. The van der Waals surface area contributed by atoms with Crippen molar-refractivity contribution >= 4 is 33.1 Å². The molecule has 3 aromatic rings. The number of halogens is 1. The molecule has 0 spiro atoms. The van der Waals surface area contributed by atoms with Gasteiger partial charge in [-0.25, -0.2) is 0 Å². The maximum absolute atomic E-state index is 11.5. The molecule has 0 amide bonds. The van der Waals surface area contributed by atoms with Crippen molar-refractivity contribution < 1.29 is 9.53 Å². The van der Waals surface area contributed by atoms with Gasteiger partial charge in [-0.1, -0.05) is 24.3 Å². The number of fused-ring (bicyclic) bond motifs is 1. The number of nitrogens with one attached hydrogen (secondary N) is 1. The number of carbonyl (C=O) groups is 1. The summed E-state index contributed by atoms with van der Waals surface area (Å²) in [6.07, 6.45) is 0.882. The van der Waals surface area contributed by atoms with E-state index >= 15 is 0 Å². The van der Waals surface area contributed by atoms with Crippen LogP contribution in [0.1, 0.15) is 10.4 Å². The van der Waals surface area contributed by atoms with Crippen LogP contribution in [0.4, 0.5) is 0 Å². The van der Waals surface area contributed by atoms with Crippen LogP contribution in [0.3, 0.4) is 0 Å². The number of ether oxygens (including phenoxy) is 1. The molecule has 3 rings (SSSR count). The predicted molar refractivity (Wildman–Crippen MR) is 83.4 cm³/mol. The van der Waals surface area contributed by atoms with Crippen molar-refractivity contribution in [1.29, 1.82) is 0 Å². The van der Waals surface area contributed by atoms with E-state index in [2.05, 4.69) is 20.9 Å². The zero-order valence-electron chi connectivity index (χ0n) is 10.8. The number of carbonyl (C=O) groups excluding carboxylic acids is 1. The van der Waals surface area contributed by atoms with Crippen molar-refractivity contribution in [2.75, 3.05) is 7.11 Å². The lowest BCUT2D eigenvalue weighted by atomic mass is 10.1. The highest BCUT2D eigenvalue weighted by Gasteiger charge is 2.16. The summed E-state index contributed by atoms with van der Waals surface area (Å²) >= 11 is 3.50. The number of aromatic nitrogens is 1. The quantitative estimate of drug-likeness (QED) is 0.723. The number of para-hydroxylation sites is 2. The fourth-order valence-corrected chi connectivity index (χ4v) is 2.85. The minimum Gasteiger partial charge on any atom is -0.496 e. The highest BCUT2D eigenvalue weighted by atomic mass is 79.9. The first-order chi connectivity index (χ1) is 9.76. The van der Waals surface area contributed by atoms with Gasteiger partial charge in [0, 0.05) is 21.0 Å². The molecule has 2 aromatic carbocycles. The molecule has 1 heterocycles. The van der Waals surface area contributed by atoms with E-state index in [1.807, 2.05) is 42.5 Å². The van der Waals surface area contributed by atoms with Crippen molar-refractivity contribution in [3.8, 4) is 17.0 Å². The van der Waals surface area contributed by atoms with Gasteiger partial charge in [0.25, 0.3) is 0 Å². The number of aldehydes is 1. The molecule has 0 unspecified atom stereocenters. The molecule has 0 radical (unpaired) electrons. The molecule has 0 bridgehead atoms. The van der Waals surface area contributed by atoms with Crippen molar-refractivity contribution in [1.82, 2.24) is 4.98 Å². The van der Waals surface area contributed by atoms with Gasteiger partial charge >= 0.3 is 0 Å². The molecule has 0 saturated carbocycles. The van der Waals surface area contributed by atoms with Gasteiger partial charge in [0.05, 0.1) is 18.3 Å². The van der Waals surface area contributed by atoms with E-state index in [-0.39, 0.29) is 0 Å². The number of rotatable bonds is 3. The summed E-state index contributed by atoms with van der Waals surface area (Å²) in [5, 5.41) is 0.898. The maximum atomic E-state index is 11.5. The predicted octanol–water partition coefficient (Wildman–Crippen LogP) is 4.42. The number of hydrogen-bond donors (Lipinski definition) is 1.